The highest BCUT2D eigenvalue weighted by molar-refractivity contribution is 14.0. The highest BCUT2D eigenvalue weighted by Gasteiger charge is 2.07. The number of amides is 1. The molecule has 0 bridgehead atoms. The number of guanidine groups is 1. The van der Waals surface area contributed by atoms with Crippen molar-refractivity contribution in [3.63, 3.8) is 0 Å². The fourth-order valence-electron chi connectivity index (χ4n) is 2.03. The summed E-state index contributed by atoms with van der Waals surface area (Å²) in [7, 11) is 0. The predicted molar refractivity (Wildman–Crippen MR) is 109 cm³/mol. The van der Waals surface area contributed by atoms with Crippen LogP contribution >= 0.6 is 24.0 Å². The van der Waals surface area contributed by atoms with Gasteiger partial charge in [0.25, 0.3) is 0 Å². The molecule has 0 aliphatic carbocycles. The van der Waals surface area contributed by atoms with Gasteiger partial charge in [-0.25, -0.2) is 14.4 Å². The number of carbonyl (C=O) groups excluding carboxylic acids is 1. The number of hydrogen-bond acceptors (Lipinski definition) is 4. The molecule has 1 aromatic carbocycles. The second kappa shape index (κ2) is 10.7. The number of hydrogen-bond donors (Lipinski definition) is 3. The Balaban J connectivity index is 0.00000338. The topological polar surface area (TPSA) is 91.5 Å². The molecule has 7 nitrogen and oxygen atoms in total. The molecule has 1 aromatic heterocycles. The zero-order chi connectivity index (χ0) is 18.2. The summed E-state index contributed by atoms with van der Waals surface area (Å²) in [4.78, 5) is 20.4. The molecule has 2 aromatic rings. The first-order valence-corrected chi connectivity index (χ1v) is 7.98. The first kappa shape index (κ1) is 21.9. The van der Waals surface area contributed by atoms with Crippen molar-refractivity contribution >= 4 is 41.5 Å². The third kappa shape index (κ3) is 6.98. The Hall–Kier alpha value is -2.17. The van der Waals surface area contributed by atoms with E-state index in [-0.39, 0.29) is 36.4 Å². The fraction of sp³-hybridized carbons (Fsp3) is 0.353. The molecule has 0 unspecified atom stereocenters. The lowest BCUT2D eigenvalue weighted by Crippen LogP contribution is -2.37. The van der Waals surface area contributed by atoms with Gasteiger partial charge in [-0.15, -0.1) is 24.0 Å². The van der Waals surface area contributed by atoms with E-state index in [1.54, 1.807) is 6.07 Å². The Kier molecular flexibility index (Phi) is 9.03. The van der Waals surface area contributed by atoms with E-state index in [9.17, 15) is 9.18 Å². The van der Waals surface area contributed by atoms with Gasteiger partial charge in [-0.3, -0.25) is 4.79 Å². The average Bonchev–Trinajstić information content (AvgIpc) is 2.88. The number of rotatable bonds is 6. The van der Waals surface area contributed by atoms with Crippen LogP contribution < -0.4 is 16.0 Å². The second-order valence-electron chi connectivity index (χ2n) is 5.36. The van der Waals surface area contributed by atoms with Crippen LogP contribution in [0.4, 0.5) is 10.1 Å². The van der Waals surface area contributed by atoms with Crippen molar-refractivity contribution in [2.45, 2.75) is 27.3 Å². The molecular formula is C17H23FIN5O2. The largest absolute Gasteiger partial charge is 0.444 e. The molecule has 0 saturated heterocycles. The van der Waals surface area contributed by atoms with E-state index < -0.39 is 5.82 Å². The summed E-state index contributed by atoms with van der Waals surface area (Å²) in [6, 6.07) is 5.70. The normalized spacial score (nSPS) is 10.8. The van der Waals surface area contributed by atoms with Crippen molar-refractivity contribution in [2.24, 2.45) is 4.99 Å². The van der Waals surface area contributed by atoms with E-state index in [0.717, 1.165) is 11.5 Å². The monoisotopic (exact) mass is 475 g/mol. The van der Waals surface area contributed by atoms with Gasteiger partial charge in [-0.05, 0) is 39.0 Å². The average molecular weight is 475 g/mol. The SMILES string of the molecule is CCNC(=NCC(=O)Nc1cccc(F)c1)NCc1nc(C)c(C)o1.I. The maximum absolute atomic E-state index is 13.1. The van der Waals surface area contributed by atoms with E-state index in [4.69, 9.17) is 4.42 Å². The Morgan fingerprint density at radius 3 is 2.69 bits per heavy atom. The predicted octanol–water partition coefficient (Wildman–Crippen LogP) is 2.74. The zero-order valence-electron chi connectivity index (χ0n) is 14.9. The summed E-state index contributed by atoms with van der Waals surface area (Å²) in [5.41, 5.74) is 1.23. The molecule has 2 rings (SSSR count). The number of nitrogens with zero attached hydrogens (tertiary/aromatic N) is 2. The zero-order valence-corrected chi connectivity index (χ0v) is 17.3. The molecule has 0 spiro atoms. The molecule has 0 fully saturated rings. The lowest BCUT2D eigenvalue weighted by atomic mass is 10.3. The van der Waals surface area contributed by atoms with Gasteiger partial charge in [-0.1, -0.05) is 6.07 Å². The molecule has 0 radical (unpaired) electrons. The van der Waals surface area contributed by atoms with Gasteiger partial charge in [0.2, 0.25) is 11.8 Å². The number of carbonyl (C=O) groups is 1. The fourth-order valence-corrected chi connectivity index (χ4v) is 2.03. The molecule has 1 heterocycles. The van der Waals surface area contributed by atoms with Crippen LogP contribution in [0.5, 0.6) is 0 Å². The van der Waals surface area contributed by atoms with Gasteiger partial charge in [0.1, 0.15) is 18.1 Å². The third-order valence-electron chi connectivity index (χ3n) is 3.31. The van der Waals surface area contributed by atoms with Crippen molar-refractivity contribution in [3.8, 4) is 0 Å². The Morgan fingerprint density at radius 1 is 1.31 bits per heavy atom. The summed E-state index contributed by atoms with van der Waals surface area (Å²) in [5, 5.41) is 8.67. The summed E-state index contributed by atoms with van der Waals surface area (Å²) in [6.07, 6.45) is 0. The smallest absolute Gasteiger partial charge is 0.246 e. The number of nitrogens with one attached hydrogen (secondary N) is 3. The Labute approximate surface area is 168 Å². The molecule has 0 aliphatic heterocycles. The lowest BCUT2D eigenvalue weighted by Gasteiger charge is -2.10. The van der Waals surface area contributed by atoms with Gasteiger partial charge >= 0.3 is 0 Å². The van der Waals surface area contributed by atoms with Gasteiger partial charge < -0.3 is 20.4 Å². The van der Waals surface area contributed by atoms with Crippen molar-refractivity contribution in [1.82, 2.24) is 15.6 Å². The van der Waals surface area contributed by atoms with Crippen LogP contribution in [0.25, 0.3) is 0 Å². The van der Waals surface area contributed by atoms with Crippen LogP contribution in [-0.2, 0) is 11.3 Å². The van der Waals surface area contributed by atoms with Crippen molar-refractivity contribution in [2.75, 3.05) is 18.4 Å². The molecule has 0 atom stereocenters. The highest BCUT2D eigenvalue weighted by atomic mass is 127. The van der Waals surface area contributed by atoms with Crippen LogP contribution in [0.15, 0.2) is 33.7 Å². The standard InChI is InChI=1S/C17H22FN5O2.HI/c1-4-19-17(21-10-16-22-11(2)12(3)25-16)20-9-15(24)23-14-7-5-6-13(18)8-14;/h5-8H,4,9-10H2,1-3H3,(H,23,24)(H2,19,20,21);1H. The van der Waals surface area contributed by atoms with Crippen molar-refractivity contribution < 1.29 is 13.6 Å². The number of halogens is 2. The van der Waals surface area contributed by atoms with E-state index in [1.165, 1.54) is 18.2 Å². The molecule has 0 saturated carbocycles. The minimum absolute atomic E-state index is 0. The van der Waals surface area contributed by atoms with Crippen LogP contribution in [0.1, 0.15) is 24.3 Å². The number of oxazole rings is 1. The van der Waals surface area contributed by atoms with Gasteiger partial charge in [-0.2, -0.15) is 0 Å². The summed E-state index contributed by atoms with van der Waals surface area (Å²) in [6.45, 7) is 6.53. The summed E-state index contributed by atoms with van der Waals surface area (Å²) >= 11 is 0. The molecule has 0 aliphatic rings. The summed E-state index contributed by atoms with van der Waals surface area (Å²) in [5.74, 6) is 1.03. The van der Waals surface area contributed by atoms with Crippen LogP contribution in [0, 0.1) is 19.7 Å². The van der Waals surface area contributed by atoms with Gasteiger partial charge in [0.15, 0.2) is 5.96 Å². The van der Waals surface area contributed by atoms with E-state index in [2.05, 4.69) is 25.9 Å². The molecule has 9 heteroatoms. The number of aliphatic imine (C=N–C) groups is 1. The minimum Gasteiger partial charge on any atom is -0.444 e. The Morgan fingerprint density at radius 2 is 2.08 bits per heavy atom. The van der Waals surface area contributed by atoms with Gasteiger partial charge in [0, 0.05) is 12.2 Å². The van der Waals surface area contributed by atoms with Crippen LogP contribution in [-0.4, -0.2) is 29.9 Å². The maximum atomic E-state index is 13.1. The molecule has 1 amide bonds. The maximum Gasteiger partial charge on any atom is 0.246 e. The lowest BCUT2D eigenvalue weighted by molar-refractivity contribution is -0.114. The molecule has 3 N–H and O–H groups in total. The number of benzene rings is 1. The van der Waals surface area contributed by atoms with Crippen LogP contribution in [0.2, 0.25) is 0 Å². The number of anilines is 1. The minimum atomic E-state index is -0.409. The molecule has 26 heavy (non-hydrogen) atoms. The molecule has 142 valence electrons. The quantitative estimate of drug-likeness (QED) is 0.340. The third-order valence-corrected chi connectivity index (χ3v) is 3.31. The van der Waals surface area contributed by atoms with Crippen molar-refractivity contribution in [1.29, 1.82) is 0 Å². The summed E-state index contributed by atoms with van der Waals surface area (Å²) < 4.78 is 18.6. The second-order valence-corrected chi connectivity index (χ2v) is 5.36. The van der Waals surface area contributed by atoms with Crippen LogP contribution in [0.3, 0.4) is 0 Å². The number of aromatic nitrogens is 1. The van der Waals surface area contributed by atoms with Gasteiger partial charge in [0.05, 0.1) is 12.2 Å². The van der Waals surface area contributed by atoms with Crippen molar-refractivity contribution in [3.05, 3.63) is 47.4 Å². The molecular weight excluding hydrogens is 452 g/mol. The highest BCUT2D eigenvalue weighted by Crippen LogP contribution is 2.09. The Bertz CT molecular complexity index is 744. The van der Waals surface area contributed by atoms with E-state index in [1.807, 2.05) is 20.8 Å². The first-order chi connectivity index (χ1) is 12.0. The van der Waals surface area contributed by atoms with E-state index in [0.29, 0.717) is 30.6 Å². The first-order valence-electron chi connectivity index (χ1n) is 7.98. The number of aryl methyl sites for hydroxylation is 2. The van der Waals surface area contributed by atoms with E-state index >= 15 is 0 Å².